The van der Waals surface area contributed by atoms with Crippen LogP contribution in [0.15, 0.2) is 44.2 Å². The van der Waals surface area contributed by atoms with Crippen molar-refractivity contribution in [2.75, 3.05) is 13.8 Å². The zero-order valence-corrected chi connectivity index (χ0v) is 15.1. The van der Waals surface area contributed by atoms with Crippen LogP contribution in [0.1, 0.15) is 21.6 Å². The van der Waals surface area contributed by atoms with Gasteiger partial charge in [-0.3, -0.25) is 4.79 Å². The molecule has 9 heteroatoms. The van der Waals surface area contributed by atoms with E-state index < -0.39 is 0 Å². The number of fused-ring (bicyclic) bond motifs is 3. The summed E-state index contributed by atoms with van der Waals surface area (Å²) in [5.41, 5.74) is 4.39. The van der Waals surface area contributed by atoms with Gasteiger partial charge in [-0.1, -0.05) is 0 Å². The van der Waals surface area contributed by atoms with E-state index in [0.29, 0.717) is 29.7 Å². The molecule has 0 saturated carbocycles. The maximum atomic E-state index is 11.6. The van der Waals surface area contributed by atoms with Crippen molar-refractivity contribution in [2.24, 2.45) is 15.2 Å². The van der Waals surface area contributed by atoms with Gasteiger partial charge in [-0.25, -0.2) is 9.67 Å². The van der Waals surface area contributed by atoms with Crippen molar-refractivity contribution in [2.45, 2.75) is 6.61 Å². The van der Waals surface area contributed by atoms with Crippen LogP contribution < -0.4 is 9.47 Å². The number of carbonyl (C=O) groups is 1. The maximum Gasteiger partial charge on any atom is 0.182 e. The standard InChI is InChI=1S/C18H13N5O3S/c1-25-15-5-16-11(4-12(15)18-19-9-20-21-18)17-13(7-26-16)14(6-24)22-23(17)10-2-3-27-8-10/h2-6,8H,7,9H2,1H3. The molecule has 0 saturated heterocycles. The lowest BCUT2D eigenvalue weighted by Crippen LogP contribution is -2.10. The summed E-state index contributed by atoms with van der Waals surface area (Å²) < 4.78 is 13.2. The number of benzene rings is 1. The quantitative estimate of drug-likeness (QED) is 0.649. The number of hydrogen-bond acceptors (Lipinski definition) is 8. The van der Waals surface area contributed by atoms with E-state index >= 15 is 0 Å². The minimum absolute atomic E-state index is 0.268. The first-order valence-corrected chi connectivity index (χ1v) is 9.11. The molecule has 4 heterocycles. The van der Waals surface area contributed by atoms with Crippen molar-refractivity contribution in [3.63, 3.8) is 0 Å². The number of carbonyl (C=O) groups excluding carboxylic acids is 1. The third-order valence-corrected chi connectivity index (χ3v) is 5.17. The van der Waals surface area contributed by atoms with Crippen LogP contribution in [0.3, 0.4) is 0 Å². The summed E-state index contributed by atoms with van der Waals surface area (Å²) in [4.78, 5) is 15.9. The lowest BCUT2D eigenvalue weighted by atomic mass is 9.99. The summed E-state index contributed by atoms with van der Waals surface area (Å²) in [6.07, 6.45) is 0.760. The maximum absolute atomic E-state index is 11.6. The van der Waals surface area contributed by atoms with Crippen molar-refractivity contribution in [1.29, 1.82) is 0 Å². The summed E-state index contributed by atoms with van der Waals surface area (Å²) in [5.74, 6) is 1.78. The Morgan fingerprint density at radius 2 is 2.26 bits per heavy atom. The molecule has 1 aromatic carbocycles. The molecule has 0 fully saturated rings. The Hall–Kier alpha value is -3.33. The third-order valence-electron chi connectivity index (χ3n) is 4.50. The van der Waals surface area contributed by atoms with E-state index in [1.165, 1.54) is 0 Å². The van der Waals surface area contributed by atoms with E-state index in [9.17, 15) is 4.79 Å². The second-order valence-electron chi connectivity index (χ2n) is 5.93. The minimum Gasteiger partial charge on any atom is -0.496 e. The number of nitrogens with zero attached hydrogens (tertiary/aromatic N) is 5. The molecule has 0 spiro atoms. The van der Waals surface area contributed by atoms with Gasteiger partial charge < -0.3 is 9.47 Å². The number of hydrogen-bond donors (Lipinski definition) is 0. The molecule has 2 aliphatic heterocycles. The predicted molar refractivity (Wildman–Crippen MR) is 99.4 cm³/mol. The molecule has 2 aromatic heterocycles. The van der Waals surface area contributed by atoms with Crippen molar-refractivity contribution >= 4 is 23.5 Å². The number of amidine groups is 1. The molecule has 0 N–H and O–H groups in total. The summed E-state index contributed by atoms with van der Waals surface area (Å²) in [6, 6.07) is 5.69. The highest BCUT2D eigenvalue weighted by Gasteiger charge is 2.29. The van der Waals surface area contributed by atoms with Gasteiger partial charge in [-0.05, 0) is 17.5 Å². The molecule has 5 rings (SSSR count). The fourth-order valence-electron chi connectivity index (χ4n) is 3.27. The molecular formula is C18H13N5O3S. The Morgan fingerprint density at radius 1 is 1.33 bits per heavy atom. The largest absolute Gasteiger partial charge is 0.496 e. The zero-order chi connectivity index (χ0) is 18.4. The van der Waals surface area contributed by atoms with Gasteiger partial charge in [-0.2, -0.15) is 21.5 Å². The van der Waals surface area contributed by atoms with E-state index in [0.717, 1.165) is 34.4 Å². The molecule has 0 aliphatic carbocycles. The second-order valence-corrected chi connectivity index (χ2v) is 6.71. The fraction of sp³-hybridized carbons (Fsp3) is 0.167. The average molecular weight is 379 g/mol. The second kappa shape index (κ2) is 6.13. The first kappa shape index (κ1) is 15.9. The van der Waals surface area contributed by atoms with E-state index in [2.05, 4.69) is 20.3 Å². The monoisotopic (exact) mass is 379 g/mol. The van der Waals surface area contributed by atoms with Crippen molar-refractivity contribution in [1.82, 2.24) is 9.78 Å². The molecule has 27 heavy (non-hydrogen) atoms. The van der Waals surface area contributed by atoms with Crippen LogP contribution in [0.2, 0.25) is 0 Å². The topological polar surface area (TPSA) is 90.4 Å². The number of methoxy groups -OCH3 is 1. The van der Waals surface area contributed by atoms with E-state index in [-0.39, 0.29) is 6.61 Å². The third kappa shape index (κ3) is 2.39. The lowest BCUT2D eigenvalue weighted by molar-refractivity contribution is 0.111. The molecule has 0 amide bonds. The summed E-state index contributed by atoms with van der Waals surface area (Å²) >= 11 is 1.57. The number of thiophene rings is 1. The number of rotatable bonds is 4. The van der Waals surface area contributed by atoms with Crippen LogP contribution in [-0.2, 0) is 6.61 Å². The predicted octanol–water partition coefficient (Wildman–Crippen LogP) is 3.48. The van der Waals surface area contributed by atoms with Gasteiger partial charge in [0.25, 0.3) is 0 Å². The van der Waals surface area contributed by atoms with Gasteiger partial charge in [-0.15, -0.1) is 5.11 Å². The van der Waals surface area contributed by atoms with Gasteiger partial charge in [0.15, 0.2) is 18.8 Å². The molecule has 0 bridgehead atoms. The number of aliphatic imine (C=N–C) groups is 1. The highest BCUT2D eigenvalue weighted by atomic mass is 32.1. The minimum atomic E-state index is 0.268. The number of ether oxygens (including phenoxy) is 2. The SMILES string of the molecule is COc1cc2c(cc1C1=NCN=N1)-c1c(c(C=O)nn1-c1ccsc1)CO2. The molecule has 2 aliphatic rings. The van der Waals surface area contributed by atoms with Gasteiger partial charge >= 0.3 is 0 Å². The van der Waals surface area contributed by atoms with Gasteiger partial charge in [0, 0.05) is 22.6 Å². The Balaban J connectivity index is 1.78. The van der Waals surface area contributed by atoms with Crippen molar-refractivity contribution in [3.05, 3.63) is 45.8 Å². The van der Waals surface area contributed by atoms with Gasteiger partial charge in [0.2, 0.25) is 0 Å². The van der Waals surface area contributed by atoms with Crippen molar-refractivity contribution in [3.8, 4) is 28.4 Å². The molecule has 134 valence electrons. The van der Waals surface area contributed by atoms with Crippen molar-refractivity contribution < 1.29 is 14.3 Å². The molecule has 8 nitrogen and oxygen atoms in total. The van der Waals surface area contributed by atoms with Crippen LogP contribution in [0.4, 0.5) is 0 Å². The van der Waals surface area contributed by atoms with Crippen LogP contribution in [0, 0.1) is 0 Å². The van der Waals surface area contributed by atoms with Crippen LogP contribution in [0.5, 0.6) is 11.5 Å². The van der Waals surface area contributed by atoms with Crippen LogP contribution >= 0.6 is 11.3 Å². The highest BCUT2D eigenvalue weighted by Crippen LogP contribution is 2.43. The fourth-order valence-corrected chi connectivity index (χ4v) is 3.89. The first-order valence-electron chi connectivity index (χ1n) is 8.17. The Kier molecular flexibility index (Phi) is 3.61. The Bertz CT molecular complexity index is 1110. The lowest BCUT2D eigenvalue weighted by Gasteiger charge is -2.21. The normalized spacial score (nSPS) is 14.3. The molecule has 0 atom stereocenters. The van der Waals surface area contributed by atoms with E-state index in [1.54, 1.807) is 23.1 Å². The zero-order valence-electron chi connectivity index (χ0n) is 14.2. The summed E-state index contributed by atoms with van der Waals surface area (Å²) in [7, 11) is 1.59. The average Bonchev–Trinajstić information content (AvgIpc) is 3.46. The summed E-state index contributed by atoms with van der Waals surface area (Å²) in [6.45, 7) is 0.573. The number of azo groups is 1. The van der Waals surface area contributed by atoms with E-state index in [4.69, 9.17) is 9.47 Å². The number of aromatic nitrogens is 2. The Morgan fingerprint density at radius 3 is 2.96 bits per heavy atom. The molecular weight excluding hydrogens is 366 g/mol. The van der Waals surface area contributed by atoms with Crippen LogP contribution in [-0.4, -0.2) is 35.7 Å². The first-order chi connectivity index (χ1) is 13.3. The molecule has 0 radical (unpaired) electrons. The highest BCUT2D eigenvalue weighted by molar-refractivity contribution is 7.08. The smallest absolute Gasteiger partial charge is 0.182 e. The van der Waals surface area contributed by atoms with Gasteiger partial charge in [0.1, 0.15) is 23.8 Å². The molecule has 3 aromatic rings. The van der Waals surface area contributed by atoms with Gasteiger partial charge in [0.05, 0.1) is 24.1 Å². The van der Waals surface area contributed by atoms with E-state index in [1.807, 2.05) is 29.0 Å². The Labute approximate surface area is 157 Å². The summed E-state index contributed by atoms with van der Waals surface area (Å²) in [5, 5.41) is 16.5. The molecule has 0 unspecified atom stereocenters. The number of aldehydes is 1. The van der Waals surface area contributed by atoms with Crippen LogP contribution in [0.25, 0.3) is 16.9 Å².